The number of benzene rings is 1. The lowest BCUT2D eigenvalue weighted by Gasteiger charge is -2.09. The molecule has 0 aliphatic carbocycles. The van der Waals surface area contributed by atoms with Crippen molar-refractivity contribution in [3.8, 4) is 22.5 Å². The van der Waals surface area contributed by atoms with Crippen molar-refractivity contribution in [1.29, 1.82) is 0 Å². The number of anilines is 1. The number of nitrogens with one attached hydrogen (secondary N) is 2. The summed E-state index contributed by atoms with van der Waals surface area (Å²) in [4.78, 5) is 25.4. The number of rotatable bonds is 6. The van der Waals surface area contributed by atoms with Crippen molar-refractivity contribution in [2.45, 2.75) is 0 Å². The van der Waals surface area contributed by atoms with Crippen LogP contribution in [0.5, 0.6) is 0 Å². The summed E-state index contributed by atoms with van der Waals surface area (Å²) >= 11 is 0. The fraction of sp³-hybridized carbons (Fsp3) is 0.0909. The summed E-state index contributed by atoms with van der Waals surface area (Å²) in [5.74, 6) is 4.92. The van der Waals surface area contributed by atoms with Gasteiger partial charge in [-0.15, -0.1) is 0 Å². The minimum atomic E-state index is -0.414. The maximum atomic E-state index is 12.2. The van der Waals surface area contributed by atoms with Gasteiger partial charge in [0.05, 0.1) is 29.1 Å². The average Bonchev–Trinajstić information content (AvgIpc) is 2.82. The minimum absolute atomic E-state index is 0.0844. The molecule has 0 aliphatic rings. The molecule has 30 heavy (non-hydrogen) atoms. The molecule has 3 aromatic heterocycles. The highest BCUT2D eigenvalue weighted by atomic mass is 16.3. The topological polar surface area (TPSA) is 126 Å². The van der Waals surface area contributed by atoms with E-state index in [1.165, 1.54) is 0 Å². The van der Waals surface area contributed by atoms with Gasteiger partial charge in [0, 0.05) is 41.8 Å². The smallest absolute Gasteiger partial charge is 0.265 e. The lowest BCUT2D eigenvalue weighted by molar-refractivity contribution is 0.0955. The lowest BCUT2D eigenvalue weighted by atomic mass is 10.0. The highest BCUT2D eigenvalue weighted by Crippen LogP contribution is 2.26. The first-order valence-electron chi connectivity index (χ1n) is 9.37. The van der Waals surface area contributed by atoms with Crippen LogP contribution >= 0.6 is 0 Å². The molecule has 8 nitrogen and oxygen atoms in total. The van der Waals surface area contributed by atoms with Crippen molar-refractivity contribution in [1.82, 2.24) is 20.4 Å². The molecule has 0 radical (unpaired) electrons. The molecule has 0 atom stereocenters. The first kappa shape index (κ1) is 19.4. The summed E-state index contributed by atoms with van der Waals surface area (Å²) in [6.45, 7) is 0.593. The summed E-state index contributed by atoms with van der Waals surface area (Å²) in [6, 6.07) is 15.1. The van der Waals surface area contributed by atoms with E-state index >= 15 is 0 Å². The van der Waals surface area contributed by atoms with Gasteiger partial charge in [0.1, 0.15) is 0 Å². The SMILES string of the molecule is NNC(=O)c1cc(-c2ccc(-c3ccc(NCCO)cc3)cn2)nc2ccncc12. The van der Waals surface area contributed by atoms with Crippen LogP contribution in [0.3, 0.4) is 0 Å². The number of amides is 1. The number of carbonyl (C=O) groups excluding carboxylic acids is 1. The molecule has 1 aromatic carbocycles. The number of nitrogens with zero attached hydrogens (tertiary/aromatic N) is 3. The Kier molecular flexibility index (Phi) is 5.60. The van der Waals surface area contributed by atoms with E-state index in [1.54, 1.807) is 30.7 Å². The van der Waals surface area contributed by atoms with E-state index in [9.17, 15) is 4.79 Å². The Bertz CT molecular complexity index is 1180. The van der Waals surface area contributed by atoms with Crippen molar-refractivity contribution < 1.29 is 9.90 Å². The number of hydrogen-bond acceptors (Lipinski definition) is 7. The fourth-order valence-corrected chi connectivity index (χ4v) is 3.16. The molecule has 0 fully saturated rings. The Morgan fingerprint density at radius 2 is 1.80 bits per heavy atom. The fourth-order valence-electron chi connectivity index (χ4n) is 3.16. The number of aliphatic hydroxyl groups is 1. The van der Waals surface area contributed by atoms with E-state index in [0.29, 0.717) is 34.4 Å². The zero-order chi connectivity index (χ0) is 20.9. The first-order chi connectivity index (χ1) is 14.7. The molecule has 0 saturated carbocycles. The van der Waals surface area contributed by atoms with Crippen molar-refractivity contribution in [3.63, 3.8) is 0 Å². The Morgan fingerprint density at radius 1 is 1.00 bits per heavy atom. The molecule has 5 N–H and O–H groups in total. The molecule has 4 aromatic rings. The van der Waals surface area contributed by atoms with Crippen molar-refractivity contribution in [3.05, 3.63) is 72.7 Å². The van der Waals surface area contributed by atoms with Crippen LogP contribution in [0.25, 0.3) is 33.4 Å². The quantitative estimate of drug-likeness (QED) is 0.222. The third-order valence-electron chi connectivity index (χ3n) is 4.67. The molecule has 0 spiro atoms. The maximum Gasteiger partial charge on any atom is 0.265 e. The van der Waals surface area contributed by atoms with Gasteiger partial charge in [-0.05, 0) is 35.9 Å². The zero-order valence-corrected chi connectivity index (χ0v) is 16.0. The van der Waals surface area contributed by atoms with Crippen LogP contribution in [0.2, 0.25) is 0 Å². The Labute approximate surface area is 172 Å². The maximum absolute atomic E-state index is 12.2. The van der Waals surface area contributed by atoms with Crippen LogP contribution < -0.4 is 16.6 Å². The van der Waals surface area contributed by atoms with Crippen molar-refractivity contribution in [2.75, 3.05) is 18.5 Å². The number of fused-ring (bicyclic) bond motifs is 1. The highest BCUT2D eigenvalue weighted by Gasteiger charge is 2.14. The summed E-state index contributed by atoms with van der Waals surface area (Å²) in [5, 5.41) is 12.6. The molecular formula is C22H20N6O2. The highest BCUT2D eigenvalue weighted by molar-refractivity contribution is 6.06. The predicted molar refractivity (Wildman–Crippen MR) is 115 cm³/mol. The van der Waals surface area contributed by atoms with E-state index < -0.39 is 5.91 Å². The third kappa shape index (κ3) is 3.95. The molecule has 1 amide bonds. The minimum Gasteiger partial charge on any atom is -0.395 e. The molecule has 150 valence electrons. The van der Waals surface area contributed by atoms with Crippen LogP contribution in [0.1, 0.15) is 10.4 Å². The number of carbonyl (C=O) groups is 1. The second kappa shape index (κ2) is 8.64. The molecule has 3 heterocycles. The van der Waals surface area contributed by atoms with Crippen LogP contribution in [-0.2, 0) is 0 Å². The number of aromatic nitrogens is 3. The van der Waals surface area contributed by atoms with E-state index in [0.717, 1.165) is 16.8 Å². The molecule has 8 heteroatoms. The number of nitrogen functional groups attached to an aromatic ring is 1. The largest absolute Gasteiger partial charge is 0.395 e. The number of nitrogens with two attached hydrogens (primary N) is 1. The number of hydrogen-bond donors (Lipinski definition) is 4. The van der Waals surface area contributed by atoms with Crippen LogP contribution in [0, 0.1) is 0 Å². The Hall–Kier alpha value is -3.88. The van der Waals surface area contributed by atoms with Gasteiger partial charge in [-0.1, -0.05) is 18.2 Å². The summed E-state index contributed by atoms with van der Waals surface area (Å²) in [6.07, 6.45) is 4.98. The standard InChI is InChI=1S/C22H20N6O2/c23-28-22(30)17-11-21(27-19-7-8-24-13-18(17)19)20-6-3-15(12-26-20)14-1-4-16(5-2-14)25-9-10-29/h1-8,11-13,25,29H,9-10,23H2,(H,28,30). The van der Waals surface area contributed by atoms with Gasteiger partial charge in [-0.3, -0.25) is 20.2 Å². The van der Waals surface area contributed by atoms with Gasteiger partial charge in [0.25, 0.3) is 5.91 Å². The van der Waals surface area contributed by atoms with Gasteiger partial charge in [0.2, 0.25) is 0 Å². The molecule has 0 bridgehead atoms. The lowest BCUT2D eigenvalue weighted by Crippen LogP contribution is -2.30. The molecule has 0 unspecified atom stereocenters. The first-order valence-corrected chi connectivity index (χ1v) is 9.37. The molecule has 0 aliphatic heterocycles. The summed E-state index contributed by atoms with van der Waals surface area (Å²) in [5.41, 5.74) is 7.33. The second-order valence-electron chi connectivity index (χ2n) is 6.58. The molecule has 0 saturated heterocycles. The van der Waals surface area contributed by atoms with Crippen molar-refractivity contribution >= 4 is 22.5 Å². The van der Waals surface area contributed by atoms with E-state index in [-0.39, 0.29) is 6.61 Å². The number of aliphatic hydroxyl groups excluding tert-OH is 1. The van der Waals surface area contributed by atoms with Crippen LogP contribution in [0.4, 0.5) is 5.69 Å². The summed E-state index contributed by atoms with van der Waals surface area (Å²) < 4.78 is 0. The average molecular weight is 400 g/mol. The van der Waals surface area contributed by atoms with E-state index in [1.807, 2.05) is 36.4 Å². The van der Waals surface area contributed by atoms with E-state index in [2.05, 4.69) is 25.7 Å². The third-order valence-corrected chi connectivity index (χ3v) is 4.67. The van der Waals surface area contributed by atoms with Crippen molar-refractivity contribution in [2.24, 2.45) is 5.84 Å². The Balaban J connectivity index is 1.66. The Morgan fingerprint density at radius 3 is 2.50 bits per heavy atom. The normalized spacial score (nSPS) is 10.7. The monoisotopic (exact) mass is 400 g/mol. The van der Waals surface area contributed by atoms with Gasteiger partial charge in [-0.2, -0.15) is 0 Å². The predicted octanol–water partition coefficient (Wildman–Crippen LogP) is 2.37. The van der Waals surface area contributed by atoms with E-state index in [4.69, 9.17) is 10.9 Å². The second-order valence-corrected chi connectivity index (χ2v) is 6.58. The molecular weight excluding hydrogens is 380 g/mol. The summed E-state index contributed by atoms with van der Waals surface area (Å²) in [7, 11) is 0. The van der Waals surface area contributed by atoms with Gasteiger partial charge >= 0.3 is 0 Å². The molecule has 4 rings (SSSR count). The van der Waals surface area contributed by atoms with Gasteiger partial charge in [0.15, 0.2) is 0 Å². The van der Waals surface area contributed by atoms with Crippen LogP contribution in [-0.4, -0.2) is 39.1 Å². The van der Waals surface area contributed by atoms with Gasteiger partial charge in [-0.25, -0.2) is 10.8 Å². The number of hydrazine groups is 1. The van der Waals surface area contributed by atoms with Gasteiger partial charge < -0.3 is 10.4 Å². The van der Waals surface area contributed by atoms with Crippen LogP contribution in [0.15, 0.2) is 67.1 Å². The zero-order valence-electron chi connectivity index (χ0n) is 16.0. The number of pyridine rings is 3.